The van der Waals surface area contributed by atoms with Gasteiger partial charge in [0.15, 0.2) is 0 Å². The van der Waals surface area contributed by atoms with Crippen molar-refractivity contribution in [1.82, 2.24) is 15.7 Å². The van der Waals surface area contributed by atoms with Gasteiger partial charge in [0.2, 0.25) is 5.91 Å². The second-order valence-electron chi connectivity index (χ2n) is 11.6. The third-order valence-corrected chi connectivity index (χ3v) is 9.11. The highest BCUT2D eigenvalue weighted by atomic mass is 16.7. The molecule has 7 heteroatoms. The third kappa shape index (κ3) is 5.23. The fourth-order valence-electron chi connectivity index (χ4n) is 6.89. The molecule has 1 amide bonds. The van der Waals surface area contributed by atoms with Crippen LogP contribution in [-0.2, 0) is 9.63 Å². The first-order chi connectivity index (χ1) is 16.7. The zero-order valence-electron chi connectivity index (χ0n) is 21.9. The molecule has 35 heavy (non-hydrogen) atoms. The highest BCUT2D eigenvalue weighted by Gasteiger charge is 2.57. The number of aliphatic hydroxyl groups excluding tert-OH is 2. The average Bonchev–Trinajstić information content (AvgIpc) is 3.19. The van der Waals surface area contributed by atoms with Crippen molar-refractivity contribution in [3.63, 3.8) is 0 Å². The summed E-state index contributed by atoms with van der Waals surface area (Å²) < 4.78 is 0. The number of amides is 1. The lowest BCUT2D eigenvalue weighted by Crippen LogP contribution is -2.62. The number of allylic oxidation sites excluding steroid dienone is 3. The second-order valence-corrected chi connectivity index (χ2v) is 11.6. The largest absolute Gasteiger partial charge is 0.394 e. The molecule has 1 heterocycles. The summed E-state index contributed by atoms with van der Waals surface area (Å²) in [5, 5.41) is 28.6. The number of carbonyl (C=O) groups is 1. The van der Waals surface area contributed by atoms with Gasteiger partial charge in [0.25, 0.3) is 0 Å². The maximum atomic E-state index is 13.7. The fraction of sp³-hybridized carbons (Fsp3) is 0.750. The lowest BCUT2D eigenvalue weighted by molar-refractivity contribution is -0.174. The van der Waals surface area contributed by atoms with Gasteiger partial charge >= 0.3 is 0 Å². The number of hydrogen-bond acceptors (Lipinski definition) is 6. The van der Waals surface area contributed by atoms with E-state index in [1.165, 1.54) is 6.42 Å². The minimum absolute atomic E-state index is 0.108. The number of aliphatic hydroxyl groups is 2. The third-order valence-electron chi connectivity index (χ3n) is 9.11. The van der Waals surface area contributed by atoms with Crippen LogP contribution in [0.4, 0.5) is 0 Å². The van der Waals surface area contributed by atoms with Crippen LogP contribution >= 0.6 is 0 Å². The van der Waals surface area contributed by atoms with Crippen LogP contribution < -0.4 is 10.6 Å². The van der Waals surface area contributed by atoms with E-state index in [4.69, 9.17) is 4.84 Å². The van der Waals surface area contributed by atoms with Crippen LogP contribution in [0.1, 0.15) is 53.4 Å². The molecule has 7 nitrogen and oxygen atoms in total. The van der Waals surface area contributed by atoms with Crippen LogP contribution in [-0.4, -0.2) is 72.2 Å². The smallest absolute Gasteiger partial charge is 0.240 e. The summed E-state index contributed by atoms with van der Waals surface area (Å²) in [4.78, 5) is 19.8. The molecule has 1 aliphatic heterocycles. The molecule has 4 fully saturated rings. The molecule has 0 aromatic heterocycles. The zero-order valence-corrected chi connectivity index (χ0v) is 21.9. The molecule has 5 rings (SSSR count). The Labute approximate surface area is 210 Å². The molecule has 0 spiro atoms. The molecule has 0 aromatic carbocycles. The van der Waals surface area contributed by atoms with Gasteiger partial charge in [0.05, 0.1) is 19.3 Å². The molecule has 4 aliphatic carbocycles. The summed E-state index contributed by atoms with van der Waals surface area (Å²) in [6, 6.07) is -0.522. The number of hydrogen-bond donors (Lipinski definition) is 4. The molecule has 2 bridgehead atoms. The summed E-state index contributed by atoms with van der Waals surface area (Å²) in [7, 11) is 1.87. The number of rotatable bonds is 7. The fourth-order valence-corrected chi connectivity index (χ4v) is 6.89. The van der Waals surface area contributed by atoms with Gasteiger partial charge in [-0.3, -0.25) is 9.63 Å². The van der Waals surface area contributed by atoms with E-state index >= 15 is 0 Å². The molecule has 194 valence electrons. The number of nitrogens with zero attached hydrogens (tertiary/aromatic N) is 1. The molecule has 0 radical (unpaired) electrons. The average molecular weight is 486 g/mol. The number of carbonyl (C=O) groups excluding carboxylic acids is 1. The van der Waals surface area contributed by atoms with Crippen molar-refractivity contribution < 1.29 is 19.8 Å². The highest BCUT2D eigenvalue weighted by molar-refractivity contribution is 5.83. The minimum atomic E-state index is -0.785. The van der Waals surface area contributed by atoms with E-state index in [2.05, 4.69) is 55.4 Å². The first-order valence-electron chi connectivity index (χ1n) is 13.2. The Balaban J connectivity index is 1.50. The van der Waals surface area contributed by atoms with E-state index in [0.29, 0.717) is 36.3 Å². The Morgan fingerprint density at radius 3 is 2.77 bits per heavy atom. The van der Waals surface area contributed by atoms with Crippen LogP contribution in [0, 0.1) is 40.9 Å². The number of hydroxylamine groups is 2. The molecule has 0 aromatic rings. The molecule has 1 saturated heterocycles. The molecule has 4 N–H and O–H groups in total. The summed E-state index contributed by atoms with van der Waals surface area (Å²) in [6.07, 6.45) is 6.82. The van der Waals surface area contributed by atoms with Crippen LogP contribution in [0.2, 0.25) is 0 Å². The quantitative estimate of drug-likeness (QED) is 0.412. The van der Waals surface area contributed by atoms with E-state index in [9.17, 15) is 15.0 Å². The minimum Gasteiger partial charge on any atom is -0.394 e. The van der Waals surface area contributed by atoms with Crippen LogP contribution in [0.5, 0.6) is 0 Å². The normalized spacial score (nSPS) is 36.8. The predicted octanol–water partition coefficient (Wildman–Crippen LogP) is 2.02. The summed E-state index contributed by atoms with van der Waals surface area (Å²) in [5.74, 6) is 7.36. The number of fused-ring (bicyclic) bond motifs is 2. The van der Waals surface area contributed by atoms with Crippen LogP contribution in [0.25, 0.3) is 0 Å². The van der Waals surface area contributed by atoms with Crippen molar-refractivity contribution >= 4 is 5.91 Å². The van der Waals surface area contributed by atoms with Gasteiger partial charge in [0.1, 0.15) is 12.1 Å². The van der Waals surface area contributed by atoms with Crippen molar-refractivity contribution in [1.29, 1.82) is 0 Å². The first-order valence-corrected chi connectivity index (χ1v) is 13.2. The summed E-state index contributed by atoms with van der Waals surface area (Å²) >= 11 is 0. The second kappa shape index (κ2) is 10.7. The monoisotopic (exact) mass is 485 g/mol. The zero-order chi connectivity index (χ0) is 25.3. The van der Waals surface area contributed by atoms with Crippen LogP contribution in [0.3, 0.4) is 0 Å². The lowest BCUT2D eigenvalue weighted by Gasteiger charge is -2.62. The van der Waals surface area contributed by atoms with Gasteiger partial charge in [-0.2, -0.15) is 5.06 Å². The topological polar surface area (TPSA) is 94.1 Å². The van der Waals surface area contributed by atoms with Crippen LogP contribution in [0.15, 0.2) is 23.3 Å². The summed E-state index contributed by atoms with van der Waals surface area (Å²) in [5.41, 5.74) is 2.46. The van der Waals surface area contributed by atoms with Crippen molar-refractivity contribution in [3.8, 4) is 11.8 Å². The first kappa shape index (κ1) is 26.4. The highest BCUT2D eigenvalue weighted by Crippen LogP contribution is 2.61. The SMILES string of the molecule is CNCC#CC1=CCCC(CN2O[C@@H](CO)[C@@H]([C@H](C)O)[C@H]2C(=O)N[C@H]2C[C@H]3CC([C@@H]2C)C3(C)C)=C1. The van der Waals surface area contributed by atoms with Crippen molar-refractivity contribution in [2.24, 2.45) is 29.1 Å². The maximum absolute atomic E-state index is 13.7. The lowest BCUT2D eigenvalue weighted by atomic mass is 9.45. The van der Waals surface area contributed by atoms with Crippen molar-refractivity contribution in [3.05, 3.63) is 23.3 Å². The van der Waals surface area contributed by atoms with E-state index in [1.54, 1.807) is 12.0 Å². The molecule has 3 saturated carbocycles. The Hall–Kier alpha value is -1.69. The van der Waals surface area contributed by atoms with E-state index in [-0.39, 0.29) is 18.6 Å². The molecule has 5 aliphatic rings. The van der Waals surface area contributed by atoms with Crippen molar-refractivity contribution in [2.45, 2.75) is 77.7 Å². The molecular weight excluding hydrogens is 442 g/mol. The van der Waals surface area contributed by atoms with Gasteiger partial charge < -0.3 is 20.8 Å². The predicted molar refractivity (Wildman–Crippen MR) is 136 cm³/mol. The Kier molecular flexibility index (Phi) is 8.09. The Morgan fingerprint density at radius 2 is 2.14 bits per heavy atom. The Morgan fingerprint density at radius 1 is 1.37 bits per heavy atom. The van der Waals surface area contributed by atoms with Gasteiger partial charge in [-0.15, -0.1) is 0 Å². The van der Waals surface area contributed by atoms with Gasteiger partial charge in [-0.05, 0) is 68.9 Å². The van der Waals surface area contributed by atoms with Crippen molar-refractivity contribution in [2.75, 3.05) is 26.7 Å². The van der Waals surface area contributed by atoms with E-state index in [0.717, 1.165) is 30.4 Å². The van der Waals surface area contributed by atoms with Gasteiger partial charge in [-0.1, -0.05) is 44.3 Å². The molecule has 8 atom stereocenters. The van der Waals surface area contributed by atoms with E-state index < -0.39 is 24.2 Å². The molecular formula is C28H43N3O4. The maximum Gasteiger partial charge on any atom is 0.240 e. The number of nitrogens with one attached hydrogen (secondary N) is 2. The summed E-state index contributed by atoms with van der Waals surface area (Å²) in [6.45, 7) is 9.48. The van der Waals surface area contributed by atoms with Gasteiger partial charge in [0, 0.05) is 24.1 Å². The van der Waals surface area contributed by atoms with Gasteiger partial charge in [-0.25, -0.2) is 0 Å². The van der Waals surface area contributed by atoms with E-state index in [1.807, 2.05) is 7.05 Å². The molecule has 1 unspecified atom stereocenters. The standard InChI is InChI=1S/C28H43N3O4/c1-17-22-13-21(28(22,3)4)14-23(17)30-27(34)26-25(18(2)33)24(16-32)35-31(26)15-20-9-6-8-19(12-20)10-7-11-29-5/h8,12,17-18,21-26,29,32-33H,6,9,11,13-16H2,1-5H3,(H,30,34)/t17-,18-,21+,22?,23-,24-,25+,26-/m0/s1. The Bertz CT molecular complexity index is 915.